The maximum atomic E-state index is 10.3. The monoisotopic (exact) mass is 193 g/mol. The highest BCUT2D eigenvalue weighted by atomic mass is 16.7. The topological polar surface area (TPSA) is 86.2 Å². The molecule has 4 unspecified atom stereocenters. The van der Waals surface area contributed by atoms with Crippen LogP contribution in [0.15, 0.2) is 12.2 Å². The Hall–Kier alpha value is -1.38. The zero-order chi connectivity index (χ0) is 9.97. The van der Waals surface area contributed by atoms with Crippen LogP contribution in [0.5, 0.6) is 0 Å². The molecule has 0 aromatic carbocycles. The Labute approximate surface area is 79.5 Å². The zero-order valence-corrected chi connectivity index (χ0v) is 7.14. The molecule has 0 radical (unpaired) electrons. The molecular weight excluding hydrogens is 186 g/mol. The second kappa shape index (κ2) is 2.00. The number of carbonyl (C=O) groups is 1. The number of aliphatic carboxylic acids is 1. The second-order valence-electron chi connectivity index (χ2n) is 3.88. The van der Waals surface area contributed by atoms with Gasteiger partial charge in [0, 0.05) is 12.5 Å². The lowest BCUT2D eigenvalue weighted by Crippen LogP contribution is -2.16. The van der Waals surface area contributed by atoms with E-state index in [9.17, 15) is 4.79 Å². The van der Waals surface area contributed by atoms with Crippen LogP contribution < -0.4 is 0 Å². The molecule has 2 aliphatic heterocycles. The fourth-order valence-electron chi connectivity index (χ4n) is 2.25. The van der Waals surface area contributed by atoms with Gasteiger partial charge in [-0.15, -0.1) is 0 Å². The van der Waals surface area contributed by atoms with Crippen molar-refractivity contribution in [1.82, 2.24) is 0 Å². The van der Waals surface area contributed by atoms with Crippen molar-refractivity contribution in [3.63, 3.8) is 0 Å². The SMILES string of the molecule is N#CC12CC3(C=CC(=O)O)OC3C1O2. The number of epoxide rings is 2. The summed E-state index contributed by atoms with van der Waals surface area (Å²) in [6.45, 7) is 0. The van der Waals surface area contributed by atoms with Crippen molar-refractivity contribution >= 4 is 5.97 Å². The zero-order valence-electron chi connectivity index (χ0n) is 7.14. The van der Waals surface area contributed by atoms with Crippen LogP contribution in [0.1, 0.15) is 6.42 Å². The van der Waals surface area contributed by atoms with Crippen LogP contribution in [0.3, 0.4) is 0 Å². The molecule has 72 valence electrons. The van der Waals surface area contributed by atoms with Crippen molar-refractivity contribution in [3.05, 3.63) is 12.2 Å². The molecule has 1 aliphatic carbocycles. The molecule has 0 bridgehead atoms. The van der Waals surface area contributed by atoms with Crippen molar-refractivity contribution in [2.24, 2.45) is 0 Å². The summed E-state index contributed by atoms with van der Waals surface area (Å²) in [7, 11) is 0. The van der Waals surface area contributed by atoms with Crippen LogP contribution in [0.2, 0.25) is 0 Å². The van der Waals surface area contributed by atoms with Crippen molar-refractivity contribution in [3.8, 4) is 6.07 Å². The minimum absolute atomic E-state index is 0.113. The first-order valence-corrected chi connectivity index (χ1v) is 4.31. The molecule has 0 spiro atoms. The number of ether oxygens (including phenoxy) is 2. The molecule has 2 saturated heterocycles. The van der Waals surface area contributed by atoms with E-state index in [2.05, 4.69) is 6.07 Å². The molecular formula is C9H7NO4. The van der Waals surface area contributed by atoms with Crippen molar-refractivity contribution in [2.45, 2.75) is 29.8 Å². The lowest BCUT2D eigenvalue weighted by molar-refractivity contribution is -0.131. The third kappa shape index (κ3) is 0.775. The maximum absolute atomic E-state index is 10.3. The molecule has 5 nitrogen and oxygen atoms in total. The largest absolute Gasteiger partial charge is 0.478 e. The number of hydrogen-bond donors (Lipinski definition) is 1. The average Bonchev–Trinajstić information content (AvgIpc) is 3.01. The van der Waals surface area contributed by atoms with E-state index in [4.69, 9.17) is 19.8 Å². The highest BCUT2D eigenvalue weighted by Gasteiger charge is 2.83. The number of rotatable bonds is 2. The van der Waals surface area contributed by atoms with Gasteiger partial charge in [-0.05, 0) is 6.08 Å². The van der Waals surface area contributed by atoms with Gasteiger partial charge >= 0.3 is 5.97 Å². The van der Waals surface area contributed by atoms with E-state index in [1.807, 2.05) is 0 Å². The van der Waals surface area contributed by atoms with Crippen molar-refractivity contribution in [2.75, 3.05) is 0 Å². The molecule has 1 saturated carbocycles. The molecule has 2 heterocycles. The van der Waals surface area contributed by atoms with Gasteiger partial charge in [0.15, 0.2) is 5.60 Å². The Morgan fingerprint density at radius 1 is 1.57 bits per heavy atom. The first-order valence-electron chi connectivity index (χ1n) is 4.31. The Balaban J connectivity index is 1.80. The predicted molar refractivity (Wildman–Crippen MR) is 42.2 cm³/mol. The first kappa shape index (κ1) is 7.97. The number of nitriles is 1. The van der Waals surface area contributed by atoms with Gasteiger partial charge in [0.05, 0.1) is 0 Å². The number of nitrogens with zero attached hydrogens (tertiary/aromatic N) is 1. The Kier molecular flexibility index (Phi) is 1.14. The summed E-state index contributed by atoms with van der Waals surface area (Å²) < 4.78 is 10.6. The van der Waals surface area contributed by atoms with Crippen molar-refractivity contribution < 1.29 is 19.4 Å². The van der Waals surface area contributed by atoms with Crippen LogP contribution in [0.25, 0.3) is 0 Å². The summed E-state index contributed by atoms with van der Waals surface area (Å²) in [5.41, 5.74) is -1.22. The van der Waals surface area contributed by atoms with Crippen molar-refractivity contribution in [1.29, 1.82) is 5.26 Å². The standard InChI is InChI=1S/C9H7NO4/c10-4-9-3-8(2-1-5(11)12)6(13-8)7(9)14-9/h1-2,6-7H,3H2,(H,11,12). The van der Waals surface area contributed by atoms with Gasteiger partial charge in [0.25, 0.3) is 0 Å². The van der Waals surface area contributed by atoms with Gasteiger partial charge < -0.3 is 14.6 Å². The smallest absolute Gasteiger partial charge is 0.328 e. The minimum Gasteiger partial charge on any atom is -0.478 e. The molecule has 4 atom stereocenters. The molecule has 14 heavy (non-hydrogen) atoms. The molecule has 3 fully saturated rings. The quantitative estimate of drug-likeness (QED) is 0.486. The molecule has 3 aliphatic rings. The van der Waals surface area contributed by atoms with Gasteiger partial charge in [-0.1, -0.05) is 0 Å². The lowest BCUT2D eigenvalue weighted by Gasteiger charge is -2.04. The van der Waals surface area contributed by atoms with E-state index in [0.717, 1.165) is 6.08 Å². The molecule has 0 aromatic rings. The molecule has 5 heteroatoms. The lowest BCUT2D eigenvalue weighted by atomic mass is 10.0. The number of carboxylic acid groups (broad SMARTS) is 1. The second-order valence-corrected chi connectivity index (χ2v) is 3.88. The molecule has 3 rings (SSSR count). The van der Waals surface area contributed by atoms with Gasteiger partial charge in [-0.25, -0.2) is 4.79 Å². The van der Waals surface area contributed by atoms with E-state index in [1.54, 1.807) is 0 Å². The normalized spacial score (nSPS) is 52.2. The predicted octanol–water partition coefficient (Wildman–Crippen LogP) is -0.170. The van der Waals surface area contributed by atoms with Crippen LogP contribution in [0, 0.1) is 11.3 Å². The third-order valence-corrected chi connectivity index (χ3v) is 3.02. The van der Waals surface area contributed by atoms with Gasteiger partial charge in [0.2, 0.25) is 0 Å². The molecule has 0 amide bonds. The highest BCUT2D eigenvalue weighted by Crippen LogP contribution is 2.65. The summed E-state index contributed by atoms with van der Waals surface area (Å²) in [4.78, 5) is 10.3. The number of fused-ring (bicyclic) bond motifs is 3. The summed E-state index contributed by atoms with van der Waals surface area (Å²) in [5.74, 6) is -0.999. The summed E-state index contributed by atoms with van der Waals surface area (Å²) >= 11 is 0. The van der Waals surface area contributed by atoms with Crippen LogP contribution in [-0.2, 0) is 14.3 Å². The van der Waals surface area contributed by atoms with Crippen LogP contribution >= 0.6 is 0 Å². The maximum Gasteiger partial charge on any atom is 0.328 e. The Bertz CT molecular complexity index is 398. The highest BCUT2D eigenvalue weighted by molar-refractivity contribution is 5.80. The van der Waals surface area contributed by atoms with Gasteiger partial charge in [0.1, 0.15) is 23.9 Å². The summed E-state index contributed by atoms with van der Waals surface area (Å²) in [6.07, 6.45) is 2.78. The van der Waals surface area contributed by atoms with Crippen LogP contribution in [-0.4, -0.2) is 34.5 Å². The van der Waals surface area contributed by atoms with E-state index >= 15 is 0 Å². The van der Waals surface area contributed by atoms with E-state index in [0.29, 0.717) is 6.42 Å². The van der Waals surface area contributed by atoms with Gasteiger partial charge in [-0.3, -0.25) is 0 Å². The fourth-order valence-corrected chi connectivity index (χ4v) is 2.25. The summed E-state index contributed by atoms with van der Waals surface area (Å²) in [6, 6.07) is 2.10. The average molecular weight is 193 g/mol. The fraction of sp³-hybridized carbons (Fsp3) is 0.556. The molecule has 0 aromatic heterocycles. The van der Waals surface area contributed by atoms with Gasteiger partial charge in [-0.2, -0.15) is 5.26 Å². The third-order valence-electron chi connectivity index (χ3n) is 3.02. The summed E-state index contributed by atoms with van der Waals surface area (Å²) in [5, 5.41) is 17.3. The minimum atomic E-state index is -0.999. The first-order chi connectivity index (χ1) is 6.62. The Morgan fingerprint density at radius 2 is 2.36 bits per heavy atom. The van der Waals surface area contributed by atoms with Crippen LogP contribution in [0.4, 0.5) is 0 Å². The number of carboxylic acids is 1. The van der Waals surface area contributed by atoms with E-state index in [1.165, 1.54) is 6.08 Å². The number of hydrogen-bond acceptors (Lipinski definition) is 4. The molecule has 1 N–H and O–H groups in total. The van der Waals surface area contributed by atoms with E-state index < -0.39 is 17.2 Å². The van der Waals surface area contributed by atoms with E-state index in [-0.39, 0.29) is 12.2 Å². The Morgan fingerprint density at radius 3 is 2.93 bits per heavy atom.